The first-order valence-corrected chi connectivity index (χ1v) is 25.4. The summed E-state index contributed by atoms with van der Waals surface area (Å²) in [5.74, 6) is 1.79. The summed E-state index contributed by atoms with van der Waals surface area (Å²) in [7, 11) is 0. The maximum absolute atomic E-state index is 5.40. The molecule has 6 nitrogen and oxygen atoms in total. The summed E-state index contributed by atoms with van der Waals surface area (Å²) in [5, 5.41) is 4.73. The van der Waals surface area contributed by atoms with Crippen LogP contribution in [-0.4, -0.2) is 29.1 Å². The average molecular weight is 953 g/mol. The quantitative estimate of drug-likeness (QED) is 0.152. The van der Waals surface area contributed by atoms with Gasteiger partial charge in [0.05, 0.1) is 39.1 Å². The van der Waals surface area contributed by atoms with E-state index in [9.17, 15) is 0 Å². The molecule has 0 N–H and O–H groups in total. The molecule has 0 unspecified atom stereocenters. The summed E-state index contributed by atoms with van der Waals surface area (Å²) in [5.41, 5.74) is 23.4. The van der Waals surface area contributed by atoms with Crippen molar-refractivity contribution in [3.05, 3.63) is 240 Å². The van der Waals surface area contributed by atoms with Crippen LogP contribution in [0.1, 0.15) is 33.4 Å². The van der Waals surface area contributed by atoms with Crippen LogP contribution in [0.4, 0.5) is 0 Å². The molecule has 0 amide bonds. The molecule has 4 heterocycles. The SMILES string of the molecule is Cc1cc(C)c(-c2ccc3c(c2)c2ccccc2n3-c2ccc(-c3nc(-c4ccccc4)nc(-c4ccccc4)n3)cc2-c2ncccc2-n2c3ccccc3c3cc(-c4c(C)cc(C)cc4C)ccc32)c(C)c1. The van der Waals surface area contributed by atoms with Crippen molar-refractivity contribution < 1.29 is 0 Å². The lowest BCUT2D eigenvalue weighted by Gasteiger charge is -2.19. The van der Waals surface area contributed by atoms with Crippen molar-refractivity contribution in [1.29, 1.82) is 0 Å². The van der Waals surface area contributed by atoms with E-state index in [1.165, 1.54) is 77.2 Å². The van der Waals surface area contributed by atoms with Gasteiger partial charge in [0, 0.05) is 50.0 Å². The van der Waals surface area contributed by atoms with Gasteiger partial charge in [-0.05, 0) is 153 Å². The number of nitrogens with zero attached hydrogens (tertiary/aromatic N) is 6. The van der Waals surface area contributed by atoms with Gasteiger partial charge in [-0.3, -0.25) is 4.98 Å². The standard InChI is InChI=1S/C68H52N6/c1-41-34-43(3)63(44(4)35-41)49-27-30-59-54(38-49)52-22-13-15-24-57(52)73(59)61-32-29-51(68-71-66(47-18-9-7-10-19-47)70-67(72-68)48-20-11-8-12-21-48)40-56(61)65-62(26-17-33-69-65)74-58-25-16-14-23-53(58)55-39-50(28-31-60(55)74)64-45(5)36-42(2)37-46(64)6/h7-40H,1-6H3. The molecule has 354 valence electrons. The number of fused-ring (bicyclic) bond motifs is 6. The number of aryl methyl sites for hydroxylation is 6. The third-order valence-corrected chi connectivity index (χ3v) is 14.8. The minimum Gasteiger partial charge on any atom is -0.309 e. The lowest BCUT2D eigenvalue weighted by Crippen LogP contribution is -2.04. The van der Waals surface area contributed by atoms with E-state index in [0.29, 0.717) is 17.5 Å². The lowest BCUT2D eigenvalue weighted by atomic mass is 9.93. The highest BCUT2D eigenvalue weighted by molar-refractivity contribution is 6.13. The van der Waals surface area contributed by atoms with Crippen molar-refractivity contribution in [2.75, 3.05) is 0 Å². The Morgan fingerprint density at radius 3 is 1.23 bits per heavy atom. The van der Waals surface area contributed by atoms with Crippen molar-refractivity contribution in [3.63, 3.8) is 0 Å². The molecule has 13 aromatic rings. The van der Waals surface area contributed by atoms with E-state index in [-0.39, 0.29) is 0 Å². The smallest absolute Gasteiger partial charge is 0.164 e. The third kappa shape index (κ3) is 7.49. The van der Waals surface area contributed by atoms with Gasteiger partial charge in [-0.2, -0.15) is 0 Å². The van der Waals surface area contributed by atoms with Crippen molar-refractivity contribution in [1.82, 2.24) is 29.1 Å². The molecule has 4 aromatic heterocycles. The number of para-hydroxylation sites is 2. The van der Waals surface area contributed by atoms with Crippen LogP contribution < -0.4 is 0 Å². The Labute approximate surface area is 431 Å². The summed E-state index contributed by atoms with van der Waals surface area (Å²) in [6, 6.07) is 71.8. The predicted molar refractivity (Wildman–Crippen MR) is 307 cm³/mol. The van der Waals surface area contributed by atoms with E-state index < -0.39 is 0 Å². The molecule has 0 saturated carbocycles. The minimum absolute atomic E-state index is 0.574. The number of hydrogen-bond acceptors (Lipinski definition) is 4. The van der Waals surface area contributed by atoms with Crippen LogP contribution in [0.15, 0.2) is 206 Å². The first-order valence-electron chi connectivity index (χ1n) is 25.4. The van der Waals surface area contributed by atoms with E-state index in [0.717, 1.165) is 61.4 Å². The largest absolute Gasteiger partial charge is 0.309 e. The predicted octanol–water partition coefficient (Wildman–Crippen LogP) is 17.3. The zero-order valence-corrected chi connectivity index (χ0v) is 42.3. The lowest BCUT2D eigenvalue weighted by molar-refractivity contribution is 1.07. The van der Waals surface area contributed by atoms with Crippen LogP contribution in [0, 0.1) is 41.5 Å². The molecule has 9 aromatic carbocycles. The Kier molecular flexibility index (Phi) is 10.7. The van der Waals surface area contributed by atoms with E-state index in [4.69, 9.17) is 19.9 Å². The van der Waals surface area contributed by atoms with Crippen LogP contribution in [0.25, 0.3) is 123 Å². The monoisotopic (exact) mass is 952 g/mol. The Bertz CT molecular complexity index is 4270. The summed E-state index contributed by atoms with van der Waals surface area (Å²) < 4.78 is 4.82. The maximum Gasteiger partial charge on any atom is 0.164 e. The van der Waals surface area contributed by atoms with Crippen molar-refractivity contribution in [2.45, 2.75) is 41.5 Å². The van der Waals surface area contributed by atoms with Crippen LogP contribution in [0.2, 0.25) is 0 Å². The molecule has 0 aliphatic carbocycles. The molecule has 6 heteroatoms. The van der Waals surface area contributed by atoms with Gasteiger partial charge < -0.3 is 9.13 Å². The second-order valence-corrected chi connectivity index (χ2v) is 19.9. The number of hydrogen-bond donors (Lipinski definition) is 0. The molecule has 0 atom stereocenters. The molecular weight excluding hydrogens is 901 g/mol. The van der Waals surface area contributed by atoms with E-state index in [1.54, 1.807) is 0 Å². The summed E-state index contributed by atoms with van der Waals surface area (Å²) in [4.78, 5) is 20.9. The highest BCUT2D eigenvalue weighted by atomic mass is 15.0. The third-order valence-electron chi connectivity index (χ3n) is 14.8. The fourth-order valence-electron chi connectivity index (χ4n) is 11.8. The van der Waals surface area contributed by atoms with Crippen molar-refractivity contribution >= 4 is 43.6 Å². The maximum atomic E-state index is 5.40. The van der Waals surface area contributed by atoms with Gasteiger partial charge in [0.25, 0.3) is 0 Å². The molecule has 0 saturated heterocycles. The number of rotatable bonds is 8. The van der Waals surface area contributed by atoms with Crippen molar-refractivity contribution in [3.8, 4) is 79.0 Å². The first kappa shape index (κ1) is 44.7. The second-order valence-electron chi connectivity index (χ2n) is 19.9. The molecule has 0 bridgehead atoms. The molecule has 0 fully saturated rings. The highest BCUT2D eigenvalue weighted by Crippen LogP contribution is 2.44. The number of pyridine rings is 1. The summed E-state index contributed by atoms with van der Waals surface area (Å²) >= 11 is 0. The van der Waals surface area contributed by atoms with E-state index in [2.05, 4.69) is 214 Å². The topological polar surface area (TPSA) is 61.4 Å². The Balaban J connectivity index is 1.09. The highest BCUT2D eigenvalue weighted by Gasteiger charge is 2.24. The van der Waals surface area contributed by atoms with Crippen molar-refractivity contribution in [2.24, 2.45) is 0 Å². The second kappa shape index (κ2) is 17.8. The zero-order chi connectivity index (χ0) is 50.2. The average Bonchev–Trinajstić information content (AvgIpc) is 3.93. The Morgan fingerprint density at radius 1 is 0.311 bits per heavy atom. The van der Waals surface area contributed by atoms with Crippen LogP contribution >= 0.6 is 0 Å². The van der Waals surface area contributed by atoms with Gasteiger partial charge in [-0.25, -0.2) is 15.0 Å². The van der Waals surface area contributed by atoms with E-state index in [1.807, 2.05) is 42.6 Å². The van der Waals surface area contributed by atoms with Gasteiger partial charge in [0.15, 0.2) is 17.5 Å². The molecule has 0 spiro atoms. The van der Waals surface area contributed by atoms with Gasteiger partial charge in [0.2, 0.25) is 0 Å². The zero-order valence-electron chi connectivity index (χ0n) is 42.3. The summed E-state index contributed by atoms with van der Waals surface area (Å²) in [6.45, 7) is 13.2. The normalized spacial score (nSPS) is 11.6. The molecule has 13 rings (SSSR count). The molecule has 0 aliphatic heterocycles. The van der Waals surface area contributed by atoms with E-state index >= 15 is 0 Å². The molecule has 0 aliphatic rings. The fraction of sp³-hybridized carbons (Fsp3) is 0.0882. The molecule has 0 radical (unpaired) electrons. The van der Waals surface area contributed by atoms with Crippen LogP contribution in [0.5, 0.6) is 0 Å². The van der Waals surface area contributed by atoms with Crippen LogP contribution in [-0.2, 0) is 0 Å². The minimum atomic E-state index is 0.574. The van der Waals surface area contributed by atoms with Gasteiger partial charge >= 0.3 is 0 Å². The number of benzene rings is 9. The number of aromatic nitrogens is 6. The first-order chi connectivity index (χ1) is 36.2. The Hall–Kier alpha value is -9.26. The van der Waals surface area contributed by atoms with Gasteiger partial charge in [0.1, 0.15) is 0 Å². The van der Waals surface area contributed by atoms with Gasteiger partial charge in [-0.15, -0.1) is 0 Å². The fourth-order valence-corrected chi connectivity index (χ4v) is 11.8. The molecular formula is C68H52N6. The van der Waals surface area contributed by atoms with Crippen LogP contribution in [0.3, 0.4) is 0 Å². The summed E-state index contributed by atoms with van der Waals surface area (Å²) in [6.07, 6.45) is 1.92. The molecule has 74 heavy (non-hydrogen) atoms. The van der Waals surface area contributed by atoms with Gasteiger partial charge in [-0.1, -0.05) is 145 Å². The Morgan fingerprint density at radius 2 is 0.730 bits per heavy atom.